The first-order valence-electron chi connectivity index (χ1n) is 4.52. The average Bonchev–Trinajstić information content (AvgIpc) is 2.75. The lowest BCUT2D eigenvalue weighted by atomic mass is 10.4. The van der Waals surface area contributed by atoms with Crippen LogP contribution in [0.15, 0.2) is 0 Å². The van der Waals surface area contributed by atoms with Gasteiger partial charge < -0.3 is 15.3 Å². The number of rotatable bonds is 5. The van der Waals surface area contributed by atoms with Crippen molar-refractivity contribution in [2.24, 2.45) is 0 Å². The zero-order chi connectivity index (χ0) is 12.0. The summed E-state index contributed by atoms with van der Waals surface area (Å²) >= 11 is 0. The molecule has 3 N–H and O–H groups in total. The van der Waals surface area contributed by atoms with Gasteiger partial charge in [-0.15, -0.1) is 10.2 Å². The molecule has 1 rings (SSSR count). The van der Waals surface area contributed by atoms with Crippen molar-refractivity contribution >= 4 is 12.0 Å². The van der Waals surface area contributed by atoms with Gasteiger partial charge in [0.2, 0.25) is 0 Å². The van der Waals surface area contributed by atoms with Crippen LogP contribution in [-0.4, -0.2) is 56.2 Å². The highest BCUT2D eigenvalue weighted by Crippen LogP contribution is 1.90. The second kappa shape index (κ2) is 5.63. The summed E-state index contributed by atoms with van der Waals surface area (Å²) in [6, 6.07) is -0.383. The molecule has 0 aliphatic carbocycles. The van der Waals surface area contributed by atoms with Gasteiger partial charge in [-0.3, -0.25) is 4.79 Å². The van der Waals surface area contributed by atoms with Crippen LogP contribution in [0.4, 0.5) is 4.79 Å². The van der Waals surface area contributed by atoms with E-state index in [1.54, 1.807) is 0 Å². The molecule has 0 atom stereocenters. The summed E-state index contributed by atoms with van der Waals surface area (Å²) in [4.78, 5) is 22.9. The molecule has 0 bridgehead atoms. The van der Waals surface area contributed by atoms with Crippen molar-refractivity contribution in [3.8, 4) is 0 Å². The van der Waals surface area contributed by atoms with Gasteiger partial charge in [-0.1, -0.05) is 5.21 Å². The first-order valence-corrected chi connectivity index (χ1v) is 4.52. The smallest absolute Gasteiger partial charge is 0.317 e. The molecule has 0 radical (unpaired) electrons. The maximum atomic E-state index is 11.4. The Bertz CT molecular complexity index is 351. The van der Waals surface area contributed by atoms with Crippen LogP contribution in [0.2, 0.25) is 0 Å². The molecule has 0 unspecified atom stereocenters. The molecule has 1 heterocycles. The van der Waals surface area contributed by atoms with E-state index in [0.29, 0.717) is 5.82 Å². The molecular weight excluding hydrogens is 216 g/mol. The van der Waals surface area contributed by atoms with Crippen LogP contribution < -0.4 is 5.32 Å². The number of hydrogen-bond acceptors (Lipinski definition) is 5. The summed E-state index contributed by atoms with van der Waals surface area (Å²) in [6.45, 7) is 0.292. The molecule has 0 fully saturated rings. The second-order valence-electron chi connectivity index (χ2n) is 3.05. The number of carbonyl (C=O) groups is 2. The lowest BCUT2D eigenvalue weighted by Crippen LogP contribution is -2.38. The third kappa shape index (κ3) is 3.90. The minimum atomic E-state index is -0.946. The number of H-pyrrole nitrogens is 1. The summed E-state index contributed by atoms with van der Waals surface area (Å²) in [7, 11) is 1.51. The first kappa shape index (κ1) is 11.9. The van der Waals surface area contributed by atoms with Crippen LogP contribution in [0, 0.1) is 0 Å². The topological polar surface area (TPSA) is 124 Å². The number of urea groups is 1. The number of hydrogen-bond donors (Lipinski definition) is 3. The molecule has 1 aromatic rings. The third-order valence-electron chi connectivity index (χ3n) is 1.79. The number of aromatic amines is 1. The highest BCUT2D eigenvalue weighted by molar-refractivity contribution is 5.74. The maximum absolute atomic E-state index is 11.4. The van der Waals surface area contributed by atoms with Crippen molar-refractivity contribution in [3.05, 3.63) is 5.82 Å². The molecule has 88 valence electrons. The Balaban J connectivity index is 2.26. The van der Waals surface area contributed by atoms with Crippen LogP contribution in [0.1, 0.15) is 12.2 Å². The predicted molar refractivity (Wildman–Crippen MR) is 51.3 cm³/mol. The van der Waals surface area contributed by atoms with E-state index in [0.717, 1.165) is 0 Å². The summed E-state index contributed by atoms with van der Waals surface area (Å²) in [5.74, 6) is -0.585. The number of nitrogens with one attached hydrogen (secondary N) is 2. The molecule has 2 amide bonds. The Kier molecular flexibility index (Phi) is 4.18. The van der Waals surface area contributed by atoms with Crippen molar-refractivity contribution in [3.63, 3.8) is 0 Å². The van der Waals surface area contributed by atoms with Gasteiger partial charge in [0, 0.05) is 13.6 Å². The third-order valence-corrected chi connectivity index (χ3v) is 1.79. The largest absolute Gasteiger partial charge is 0.481 e. The summed E-state index contributed by atoms with van der Waals surface area (Å²) in [5.41, 5.74) is 0. The summed E-state index contributed by atoms with van der Waals surface area (Å²) in [5, 5.41) is 23.8. The average molecular weight is 228 g/mol. The van der Waals surface area contributed by atoms with Crippen LogP contribution in [0.3, 0.4) is 0 Å². The first-order chi connectivity index (χ1) is 7.59. The van der Waals surface area contributed by atoms with Gasteiger partial charge in [0.25, 0.3) is 0 Å². The van der Waals surface area contributed by atoms with Gasteiger partial charge in [-0.05, 0) is 0 Å². The van der Waals surface area contributed by atoms with E-state index in [9.17, 15) is 9.59 Å². The highest BCUT2D eigenvalue weighted by atomic mass is 16.4. The molecule has 0 aromatic carbocycles. The normalized spacial score (nSPS) is 9.81. The van der Waals surface area contributed by atoms with E-state index < -0.39 is 5.97 Å². The van der Waals surface area contributed by atoms with Crippen molar-refractivity contribution in [1.82, 2.24) is 30.8 Å². The van der Waals surface area contributed by atoms with Gasteiger partial charge in [0.05, 0.1) is 13.0 Å². The molecule has 0 saturated heterocycles. The molecular formula is C7H12N6O3. The zero-order valence-electron chi connectivity index (χ0n) is 8.67. The molecule has 1 aromatic heterocycles. The predicted octanol–water partition coefficient (Wildman–Crippen LogP) is -1.18. The molecule has 0 aliphatic heterocycles. The quantitative estimate of drug-likeness (QED) is 0.582. The number of carboxylic acids is 1. The minimum Gasteiger partial charge on any atom is -0.481 e. The van der Waals surface area contributed by atoms with Gasteiger partial charge >= 0.3 is 12.0 Å². The molecule has 0 spiro atoms. The van der Waals surface area contributed by atoms with E-state index in [2.05, 4.69) is 25.9 Å². The maximum Gasteiger partial charge on any atom is 0.317 e. The minimum absolute atomic E-state index is 0.0911. The van der Waals surface area contributed by atoms with Crippen molar-refractivity contribution < 1.29 is 14.7 Å². The van der Waals surface area contributed by atoms with E-state index in [4.69, 9.17) is 5.11 Å². The summed E-state index contributed by atoms with van der Waals surface area (Å²) in [6.07, 6.45) is -0.0911. The molecule has 9 nitrogen and oxygen atoms in total. The number of amides is 2. The van der Waals surface area contributed by atoms with Crippen LogP contribution >= 0.6 is 0 Å². The van der Waals surface area contributed by atoms with Crippen molar-refractivity contribution in [1.29, 1.82) is 0 Å². The van der Waals surface area contributed by atoms with Crippen LogP contribution in [0.25, 0.3) is 0 Å². The standard InChI is InChI=1S/C7H12N6O3/c1-13(3-2-6(14)15)7(16)8-4-5-9-11-12-10-5/h2-4H2,1H3,(H,8,16)(H,14,15)(H,9,10,11,12). The van der Waals surface area contributed by atoms with Gasteiger partial charge in [-0.2, -0.15) is 5.21 Å². The molecule has 0 aliphatic rings. The van der Waals surface area contributed by atoms with E-state index in [1.807, 2.05) is 0 Å². The van der Waals surface area contributed by atoms with Gasteiger partial charge in [-0.25, -0.2) is 4.79 Å². The zero-order valence-corrected chi connectivity index (χ0v) is 8.67. The lowest BCUT2D eigenvalue weighted by molar-refractivity contribution is -0.137. The molecule has 16 heavy (non-hydrogen) atoms. The van der Waals surface area contributed by atoms with E-state index in [-0.39, 0.29) is 25.5 Å². The molecule has 9 heteroatoms. The Morgan fingerprint density at radius 2 is 2.31 bits per heavy atom. The Morgan fingerprint density at radius 1 is 1.56 bits per heavy atom. The molecule has 0 saturated carbocycles. The Labute approximate surface area is 90.8 Å². The fourth-order valence-corrected chi connectivity index (χ4v) is 0.912. The highest BCUT2D eigenvalue weighted by Gasteiger charge is 2.10. The number of nitrogens with zero attached hydrogens (tertiary/aromatic N) is 4. The number of carbonyl (C=O) groups excluding carboxylic acids is 1. The fraction of sp³-hybridized carbons (Fsp3) is 0.571. The Morgan fingerprint density at radius 3 is 2.88 bits per heavy atom. The summed E-state index contributed by atoms with van der Waals surface area (Å²) < 4.78 is 0. The SMILES string of the molecule is CN(CCC(=O)O)C(=O)NCc1nn[nH]n1. The lowest BCUT2D eigenvalue weighted by Gasteiger charge is -2.15. The van der Waals surface area contributed by atoms with Crippen LogP contribution in [-0.2, 0) is 11.3 Å². The van der Waals surface area contributed by atoms with Gasteiger partial charge in [0.15, 0.2) is 5.82 Å². The number of tetrazole rings is 1. The van der Waals surface area contributed by atoms with E-state index >= 15 is 0 Å². The van der Waals surface area contributed by atoms with E-state index in [1.165, 1.54) is 11.9 Å². The Hall–Kier alpha value is -2.19. The fourth-order valence-electron chi connectivity index (χ4n) is 0.912. The number of aromatic nitrogens is 4. The monoisotopic (exact) mass is 228 g/mol. The van der Waals surface area contributed by atoms with Crippen molar-refractivity contribution in [2.45, 2.75) is 13.0 Å². The van der Waals surface area contributed by atoms with Crippen molar-refractivity contribution in [2.75, 3.05) is 13.6 Å². The van der Waals surface area contributed by atoms with Gasteiger partial charge in [0.1, 0.15) is 0 Å². The number of carboxylic acid groups (broad SMARTS) is 1. The number of aliphatic carboxylic acids is 1. The van der Waals surface area contributed by atoms with Crippen LogP contribution in [0.5, 0.6) is 0 Å². The second-order valence-corrected chi connectivity index (χ2v) is 3.05.